The molecule has 1 aromatic carbocycles. The molecule has 1 aliphatic heterocycles. The monoisotopic (exact) mass is 277 g/mol. The van der Waals surface area contributed by atoms with Crippen molar-refractivity contribution in [1.82, 2.24) is 4.90 Å². The fourth-order valence-electron chi connectivity index (χ4n) is 2.26. The summed E-state index contributed by atoms with van der Waals surface area (Å²) in [6.07, 6.45) is -0.601. The van der Waals surface area contributed by atoms with Gasteiger partial charge in [-0.15, -0.1) is 11.3 Å². The van der Waals surface area contributed by atoms with Gasteiger partial charge in [-0.2, -0.15) is 0 Å². The summed E-state index contributed by atoms with van der Waals surface area (Å²) >= 11 is 1.66. The summed E-state index contributed by atoms with van der Waals surface area (Å²) in [6.45, 7) is 1.63. The van der Waals surface area contributed by atoms with Gasteiger partial charge < -0.3 is 14.7 Å². The first-order chi connectivity index (χ1) is 9.24. The molecule has 4 nitrogen and oxygen atoms in total. The van der Waals surface area contributed by atoms with Gasteiger partial charge in [-0.05, 0) is 35.0 Å². The first kappa shape index (κ1) is 12.6. The summed E-state index contributed by atoms with van der Waals surface area (Å²) in [5.74, 6) is -0.0438. The van der Waals surface area contributed by atoms with Crippen molar-refractivity contribution in [3.63, 3.8) is 0 Å². The first-order valence-corrected chi connectivity index (χ1v) is 7.14. The summed E-state index contributed by atoms with van der Waals surface area (Å²) in [7, 11) is 0. The molecule has 1 aliphatic rings. The number of rotatable bonds is 1. The van der Waals surface area contributed by atoms with Crippen molar-refractivity contribution in [2.75, 3.05) is 26.3 Å². The molecule has 1 amide bonds. The van der Waals surface area contributed by atoms with Crippen molar-refractivity contribution in [1.29, 1.82) is 0 Å². The second kappa shape index (κ2) is 5.28. The van der Waals surface area contributed by atoms with Gasteiger partial charge >= 0.3 is 0 Å². The van der Waals surface area contributed by atoms with E-state index in [0.29, 0.717) is 31.9 Å². The number of nitrogens with zero attached hydrogens (tertiary/aromatic N) is 1. The van der Waals surface area contributed by atoms with E-state index >= 15 is 0 Å². The van der Waals surface area contributed by atoms with E-state index in [2.05, 4.69) is 0 Å². The smallest absolute Gasteiger partial charge is 0.254 e. The number of fused-ring (bicyclic) bond motifs is 1. The number of β-amino-alcohol motifs (C(OH)–C–C–N with tert-alkyl or cyclic N) is 1. The van der Waals surface area contributed by atoms with Gasteiger partial charge in [0.25, 0.3) is 5.91 Å². The second-order valence-corrected chi connectivity index (χ2v) is 5.60. The van der Waals surface area contributed by atoms with Crippen LogP contribution in [0.1, 0.15) is 10.4 Å². The van der Waals surface area contributed by atoms with Crippen molar-refractivity contribution in [3.8, 4) is 0 Å². The highest BCUT2D eigenvalue weighted by molar-refractivity contribution is 7.17. The van der Waals surface area contributed by atoms with Gasteiger partial charge in [0.05, 0.1) is 19.3 Å². The Labute approximate surface area is 115 Å². The number of thiophene rings is 1. The molecular weight excluding hydrogens is 262 g/mol. The van der Waals surface area contributed by atoms with E-state index in [1.54, 1.807) is 16.2 Å². The molecule has 0 saturated carbocycles. The quantitative estimate of drug-likeness (QED) is 0.863. The number of hydrogen-bond acceptors (Lipinski definition) is 4. The average molecular weight is 277 g/mol. The van der Waals surface area contributed by atoms with Gasteiger partial charge in [-0.3, -0.25) is 4.79 Å². The molecule has 1 aromatic heterocycles. The maximum atomic E-state index is 12.4. The largest absolute Gasteiger partial charge is 0.389 e. The Morgan fingerprint density at radius 1 is 1.42 bits per heavy atom. The molecule has 1 N–H and O–H groups in total. The predicted octanol–water partition coefficient (Wildman–Crippen LogP) is 1.73. The minimum absolute atomic E-state index is 0.0438. The van der Waals surface area contributed by atoms with Gasteiger partial charge in [-0.1, -0.05) is 0 Å². The summed E-state index contributed by atoms with van der Waals surface area (Å²) in [5, 5.41) is 12.8. The molecular formula is C14H15NO3S. The van der Waals surface area contributed by atoms with Crippen LogP contribution in [-0.2, 0) is 4.74 Å². The standard InChI is InChI=1S/C14H15NO3S/c16-12-8-15(4-5-18-9-12)14(17)11-1-2-13-10(7-11)3-6-19-13/h1-3,6-7,12,16H,4-5,8-9H2. The third-order valence-electron chi connectivity index (χ3n) is 3.23. The van der Waals surface area contributed by atoms with E-state index in [1.165, 1.54) is 4.70 Å². The number of carbonyl (C=O) groups is 1. The van der Waals surface area contributed by atoms with E-state index in [1.807, 2.05) is 29.6 Å². The van der Waals surface area contributed by atoms with Crippen LogP contribution in [0.5, 0.6) is 0 Å². The van der Waals surface area contributed by atoms with Crippen LogP contribution < -0.4 is 0 Å². The number of aliphatic hydroxyl groups is 1. The normalized spacial score (nSPS) is 20.5. The lowest BCUT2D eigenvalue weighted by Gasteiger charge is -2.21. The zero-order chi connectivity index (χ0) is 13.2. The number of carbonyl (C=O) groups excluding carboxylic acids is 1. The molecule has 100 valence electrons. The van der Waals surface area contributed by atoms with Crippen LogP contribution in [0, 0.1) is 0 Å². The molecule has 0 radical (unpaired) electrons. The first-order valence-electron chi connectivity index (χ1n) is 6.26. The molecule has 19 heavy (non-hydrogen) atoms. The maximum absolute atomic E-state index is 12.4. The average Bonchev–Trinajstić information content (AvgIpc) is 2.78. The topological polar surface area (TPSA) is 49.8 Å². The van der Waals surface area contributed by atoms with Crippen molar-refractivity contribution in [3.05, 3.63) is 35.2 Å². The summed E-state index contributed by atoms with van der Waals surface area (Å²) in [6, 6.07) is 7.74. The molecule has 0 bridgehead atoms. The Bertz CT molecular complexity index is 595. The van der Waals surface area contributed by atoms with Gasteiger partial charge in [0, 0.05) is 23.4 Å². The molecule has 2 aromatic rings. The van der Waals surface area contributed by atoms with Crippen LogP contribution in [0.2, 0.25) is 0 Å². The molecule has 3 rings (SSSR count). The maximum Gasteiger partial charge on any atom is 0.254 e. The van der Waals surface area contributed by atoms with Crippen LogP contribution in [0.25, 0.3) is 10.1 Å². The van der Waals surface area contributed by atoms with E-state index < -0.39 is 6.10 Å². The van der Waals surface area contributed by atoms with Crippen molar-refractivity contribution >= 4 is 27.3 Å². The van der Waals surface area contributed by atoms with E-state index in [0.717, 1.165) is 5.39 Å². The number of ether oxygens (including phenoxy) is 1. The van der Waals surface area contributed by atoms with Crippen molar-refractivity contribution in [2.24, 2.45) is 0 Å². The highest BCUT2D eigenvalue weighted by Crippen LogP contribution is 2.22. The molecule has 1 atom stereocenters. The Balaban J connectivity index is 1.85. The zero-order valence-electron chi connectivity index (χ0n) is 10.4. The van der Waals surface area contributed by atoms with Crippen LogP contribution in [0.15, 0.2) is 29.6 Å². The van der Waals surface area contributed by atoms with Crippen molar-refractivity contribution in [2.45, 2.75) is 6.10 Å². The Hall–Kier alpha value is -1.43. The van der Waals surface area contributed by atoms with E-state index in [-0.39, 0.29) is 5.91 Å². The fourth-order valence-corrected chi connectivity index (χ4v) is 3.03. The van der Waals surface area contributed by atoms with Crippen LogP contribution >= 0.6 is 11.3 Å². The SMILES string of the molecule is O=C(c1ccc2sccc2c1)N1CCOCC(O)C1. The zero-order valence-corrected chi connectivity index (χ0v) is 11.2. The summed E-state index contributed by atoms with van der Waals surface area (Å²) in [5.41, 5.74) is 0.667. The fraction of sp³-hybridized carbons (Fsp3) is 0.357. The lowest BCUT2D eigenvalue weighted by atomic mass is 10.1. The van der Waals surface area contributed by atoms with Gasteiger partial charge in [0.2, 0.25) is 0 Å². The molecule has 0 spiro atoms. The van der Waals surface area contributed by atoms with Gasteiger partial charge in [-0.25, -0.2) is 0 Å². The minimum atomic E-state index is -0.601. The number of benzene rings is 1. The Kier molecular flexibility index (Phi) is 3.50. The highest BCUT2D eigenvalue weighted by atomic mass is 32.1. The number of amides is 1. The van der Waals surface area contributed by atoms with Gasteiger partial charge in [0.15, 0.2) is 0 Å². The number of hydrogen-bond donors (Lipinski definition) is 1. The Morgan fingerprint density at radius 3 is 3.21 bits per heavy atom. The van der Waals surface area contributed by atoms with Crippen LogP contribution in [0.4, 0.5) is 0 Å². The minimum Gasteiger partial charge on any atom is -0.389 e. The third kappa shape index (κ3) is 2.63. The highest BCUT2D eigenvalue weighted by Gasteiger charge is 2.22. The van der Waals surface area contributed by atoms with Crippen molar-refractivity contribution < 1.29 is 14.6 Å². The second-order valence-electron chi connectivity index (χ2n) is 4.65. The third-order valence-corrected chi connectivity index (χ3v) is 4.13. The summed E-state index contributed by atoms with van der Waals surface area (Å²) < 4.78 is 6.42. The molecule has 1 unspecified atom stereocenters. The lowest BCUT2D eigenvalue weighted by molar-refractivity contribution is 0.0534. The van der Waals surface area contributed by atoms with E-state index in [9.17, 15) is 9.90 Å². The molecule has 1 saturated heterocycles. The van der Waals surface area contributed by atoms with E-state index in [4.69, 9.17) is 4.74 Å². The molecule has 0 aliphatic carbocycles. The Morgan fingerprint density at radius 2 is 2.32 bits per heavy atom. The predicted molar refractivity (Wildman–Crippen MR) is 74.6 cm³/mol. The van der Waals surface area contributed by atoms with Crippen LogP contribution in [0.3, 0.4) is 0 Å². The van der Waals surface area contributed by atoms with Gasteiger partial charge in [0.1, 0.15) is 0 Å². The lowest BCUT2D eigenvalue weighted by Crippen LogP contribution is -2.37. The molecule has 1 fully saturated rings. The number of aliphatic hydroxyl groups excluding tert-OH is 1. The molecule has 5 heteroatoms. The molecule has 2 heterocycles. The van der Waals surface area contributed by atoms with Crippen LogP contribution in [-0.4, -0.2) is 48.3 Å². The summed E-state index contributed by atoms with van der Waals surface area (Å²) in [4.78, 5) is 14.1.